The van der Waals surface area contributed by atoms with Gasteiger partial charge in [0.2, 0.25) is 0 Å². The van der Waals surface area contributed by atoms with Crippen LogP contribution in [0.4, 0.5) is 0 Å². The van der Waals surface area contributed by atoms with E-state index in [1.807, 2.05) is 0 Å². The van der Waals surface area contributed by atoms with Gasteiger partial charge in [0.25, 0.3) is 0 Å². The molecule has 6 nitrogen and oxygen atoms in total. The van der Waals surface area contributed by atoms with Gasteiger partial charge in [0.1, 0.15) is 13.2 Å². The van der Waals surface area contributed by atoms with Crippen LogP contribution in [-0.2, 0) is 28.6 Å². The Morgan fingerprint density at radius 2 is 0.580 bits per heavy atom. The van der Waals surface area contributed by atoms with Crippen molar-refractivity contribution in [3.8, 4) is 0 Å². The minimum absolute atomic E-state index is 0.0967. The zero-order chi connectivity index (χ0) is 50.0. The van der Waals surface area contributed by atoms with Crippen LogP contribution in [0.2, 0.25) is 0 Å². The number of hydrogen-bond donors (Lipinski definition) is 0. The lowest BCUT2D eigenvalue weighted by Gasteiger charge is -2.18. The highest BCUT2D eigenvalue weighted by Crippen LogP contribution is 2.16. The van der Waals surface area contributed by atoms with Crippen LogP contribution in [-0.4, -0.2) is 37.2 Å². The van der Waals surface area contributed by atoms with Gasteiger partial charge in [0.05, 0.1) is 0 Å². The second-order valence-electron chi connectivity index (χ2n) is 19.5. The fraction of sp³-hybridized carbons (Fsp3) is 0.762. The third-order valence-electron chi connectivity index (χ3n) is 12.7. The summed E-state index contributed by atoms with van der Waals surface area (Å²) in [6.07, 6.45) is 73.3. The lowest BCUT2D eigenvalue weighted by molar-refractivity contribution is -0.167. The van der Waals surface area contributed by atoms with Gasteiger partial charge in [-0.3, -0.25) is 14.4 Å². The van der Waals surface area contributed by atoms with Gasteiger partial charge in [-0.05, 0) is 83.5 Å². The van der Waals surface area contributed by atoms with Crippen LogP contribution in [0.1, 0.15) is 290 Å². The van der Waals surface area contributed by atoms with Crippen molar-refractivity contribution in [1.29, 1.82) is 0 Å². The molecule has 0 saturated carbocycles. The topological polar surface area (TPSA) is 78.9 Å². The standard InChI is InChI=1S/C63H110O6/c1-4-7-10-13-16-19-22-25-28-31-34-37-40-43-46-49-52-55-61(64)67-58-60(69-63(66)57-54-51-48-45-42-39-36-33-30-27-24-21-18-15-12-9-6-3)59-68-62(65)56-53-50-47-44-41-38-35-32-29-26-23-20-17-14-11-8-5-2/h9,12,18,21,25,27-28,30,36,39,45,48,60H,4-8,10-11,13-17,19-20,22-24,26,29,31-35,37-38,40-44,46-47,49-59H2,1-3H3/b12-9-,21-18-,28-25-,30-27-,39-36-,48-45-/t60-/m1/s1. The molecule has 0 unspecified atom stereocenters. The molecule has 0 aromatic heterocycles. The zero-order valence-corrected chi connectivity index (χ0v) is 45.6. The van der Waals surface area contributed by atoms with E-state index < -0.39 is 6.10 Å². The van der Waals surface area contributed by atoms with Gasteiger partial charge >= 0.3 is 17.9 Å². The van der Waals surface area contributed by atoms with Crippen molar-refractivity contribution in [2.24, 2.45) is 0 Å². The number of rotatable bonds is 53. The van der Waals surface area contributed by atoms with Crippen LogP contribution in [0.5, 0.6) is 0 Å². The highest BCUT2D eigenvalue weighted by molar-refractivity contribution is 5.71. The third kappa shape index (κ3) is 55.6. The Morgan fingerprint density at radius 1 is 0.304 bits per heavy atom. The summed E-state index contributed by atoms with van der Waals surface area (Å²) < 4.78 is 16.8. The maximum Gasteiger partial charge on any atom is 0.306 e. The Kier molecular flexibility index (Phi) is 54.8. The summed E-state index contributed by atoms with van der Waals surface area (Å²) in [6.45, 7) is 6.50. The van der Waals surface area contributed by atoms with Crippen LogP contribution < -0.4 is 0 Å². The lowest BCUT2D eigenvalue weighted by atomic mass is 10.0. The van der Waals surface area contributed by atoms with Crippen molar-refractivity contribution >= 4 is 17.9 Å². The van der Waals surface area contributed by atoms with Crippen molar-refractivity contribution in [3.63, 3.8) is 0 Å². The first-order valence-electron chi connectivity index (χ1n) is 29.4. The first-order chi connectivity index (χ1) is 34.0. The summed E-state index contributed by atoms with van der Waals surface area (Å²) in [5, 5.41) is 0. The molecular weight excluding hydrogens is 853 g/mol. The number of carbonyl (C=O) groups excluding carboxylic acids is 3. The highest BCUT2D eigenvalue weighted by atomic mass is 16.6. The predicted octanol–water partition coefficient (Wildman–Crippen LogP) is 19.8. The van der Waals surface area contributed by atoms with E-state index in [1.54, 1.807) is 0 Å². The van der Waals surface area contributed by atoms with Gasteiger partial charge in [0.15, 0.2) is 6.10 Å². The average molecular weight is 964 g/mol. The average Bonchev–Trinajstić information content (AvgIpc) is 3.35. The minimum atomic E-state index is -0.806. The molecule has 0 spiro atoms. The minimum Gasteiger partial charge on any atom is -0.462 e. The zero-order valence-electron chi connectivity index (χ0n) is 45.6. The number of ether oxygens (including phenoxy) is 3. The molecule has 0 bridgehead atoms. The molecule has 0 radical (unpaired) electrons. The van der Waals surface area contributed by atoms with E-state index in [4.69, 9.17) is 14.2 Å². The number of allylic oxidation sites excluding steroid dienone is 12. The second-order valence-corrected chi connectivity index (χ2v) is 19.5. The Morgan fingerprint density at radius 3 is 0.942 bits per heavy atom. The molecule has 0 aromatic carbocycles. The largest absolute Gasteiger partial charge is 0.462 e. The number of carbonyl (C=O) groups is 3. The summed E-state index contributed by atoms with van der Waals surface area (Å²) in [7, 11) is 0. The van der Waals surface area contributed by atoms with E-state index in [2.05, 4.69) is 93.7 Å². The predicted molar refractivity (Wildman–Crippen MR) is 298 cm³/mol. The summed E-state index contributed by atoms with van der Waals surface area (Å²) in [4.78, 5) is 38.2. The summed E-state index contributed by atoms with van der Waals surface area (Å²) in [6, 6.07) is 0. The molecule has 0 aromatic rings. The first kappa shape index (κ1) is 65.8. The van der Waals surface area contributed by atoms with E-state index in [9.17, 15) is 14.4 Å². The van der Waals surface area contributed by atoms with Crippen LogP contribution in [0.25, 0.3) is 0 Å². The fourth-order valence-electron chi connectivity index (χ4n) is 8.30. The molecule has 0 aliphatic rings. The van der Waals surface area contributed by atoms with E-state index in [0.29, 0.717) is 19.3 Å². The highest BCUT2D eigenvalue weighted by Gasteiger charge is 2.19. The maximum atomic E-state index is 12.8. The van der Waals surface area contributed by atoms with Crippen LogP contribution in [0.3, 0.4) is 0 Å². The first-order valence-corrected chi connectivity index (χ1v) is 29.4. The van der Waals surface area contributed by atoms with Gasteiger partial charge in [-0.1, -0.05) is 261 Å². The van der Waals surface area contributed by atoms with E-state index in [-0.39, 0.29) is 37.5 Å². The quantitative estimate of drug-likeness (QED) is 0.0262. The molecule has 0 N–H and O–H groups in total. The molecule has 0 amide bonds. The van der Waals surface area contributed by atoms with E-state index in [1.165, 1.54) is 167 Å². The number of unbranched alkanes of at least 4 members (excludes halogenated alkanes) is 30. The van der Waals surface area contributed by atoms with Gasteiger partial charge < -0.3 is 14.2 Å². The third-order valence-corrected chi connectivity index (χ3v) is 12.7. The molecule has 6 heteroatoms. The van der Waals surface area contributed by atoms with Crippen molar-refractivity contribution in [1.82, 2.24) is 0 Å². The molecule has 0 aliphatic carbocycles. The van der Waals surface area contributed by atoms with Gasteiger partial charge in [-0.25, -0.2) is 0 Å². The normalized spacial score (nSPS) is 12.6. The molecule has 0 heterocycles. The molecule has 0 rings (SSSR count). The van der Waals surface area contributed by atoms with Crippen LogP contribution in [0.15, 0.2) is 72.9 Å². The summed E-state index contributed by atoms with van der Waals surface area (Å²) in [5.41, 5.74) is 0. The molecule has 0 saturated heterocycles. The monoisotopic (exact) mass is 963 g/mol. The molecular formula is C63H110O6. The maximum absolute atomic E-state index is 12.8. The molecule has 69 heavy (non-hydrogen) atoms. The van der Waals surface area contributed by atoms with Crippen LogP contribution >= 0.6 is 0 Å². The SMILES string of the molecule is CC/C=C\C/C=C\C/C=C\C/C=C\C/C=C\CCCC(=O)O[C@H](COC(=O)CCCCCCCCC/C=C\CCCCCCCC)COC(=O)CCCCCCCCCCCCCCCCCCC. The van der Waals surface area contributed by atoms with Gasteiger partial charge in [-0.2, -0.15) is 0 Å². The lowest BCUT2D eigenvalue weighted by Crippen LogP contribution is -2.30. The Labute approximate surface area is 427 Å². The summed E-state index contributed by atoms with van der Waals surface area (Å²) >= 11 is 0. The Bertz CT molecular complexity index is 1290. The van der Waals surface area contributed by atoms with Gasteiger partial charge in [-0.15, -0.1) is 0 Å². The van der Waals surface area contributed by atoms with Crippen molar-refractivity contribution in [2.75, 3.05) is 13.2 Å². The summed E-state index contributed by atoms with van der Waals surface area (Å²) in [5.74, 6) is -0.949. The van der Waals surface area contributed by atoms with Crippen LogP contribution in [0, 0.1) is 0 Å². The second kappa shape index (κ2) is 57.4. The number of hydrogen-bond acceptors (Lipinski definition) is 6. The van der Waals surface area contributed by atoms with Crippen molar-refractivity contribution in [2.45, 2.75) is 297 Å². The molecule has 0 fully saturated rings. The Balaban J connectivity index is 4.45. The fourth-order valence-corrected chi connectivity index (χ4v) is 8.30. The molecule has 398 valence electrons. The number of esters is 3. The smallest absolute Gasteiger partial charge is 0.306 e. The van der Waals surface area contributed by atoms with E-state index in [0.717, 1.165) is 77.0 Å². The molecule has 0 aliphatic heterocycles. The molecule has 1 atom stereocenters. The van der Waals surface area contributed by atoms with E-state index >= 15 is 0 Å². The van der Waals surface area contributed by atoms with Gasteiger partial charge in [0, 0.05) is 19.3 Å². The van der Waals surface area contributed by atoms with Crippen molar-refractivity contribution in [3.05, 3.63) is 72.9 Å². The Hall–Kier alpha value is -3.15. The van der Waals surface area contributed by atoms with Crippen molar-refractivity contribution < 1.29 is 28.6 Å².